The Hall–Kier alpha value is -4.92. The van der Waals surface area contributed by atoms with Crippen molar-refractivity contribution in [3.63, 3.8) is 0 Å². The third-order valence-corrected chi connectivity index (χ3v) is 7.14. The fraction of sp³-hybridized carbons (Fsp3) is 0.484. The first-order valence-corrected chi connectivity index (χ1v) is 15.1. The van der Waals surface area contributed by atoms with Crippen LogP contribution in [0.5, 0.6) is 5.75 Å². The van der Waals surface area contributed by atoms with E-state index in [4.69, 9.17) is 14.3 Å². The summed E-state index contributed by atoms with van der Waals surface area (Å²) >= 11 is 0. The average Bonchev–Trinajstić information content (AvgIpc) is 3.53. The van der Waals surface area contributed by atoms with Crippen molar-refractivity contribution in [3.8, 4) is 17.1 Å². The van der Waals surface area contributed by atoms with Gasteiger partial charge in [-0.25, -0.2) is 9.86 Å². The smallest absolute Gasteiger partial charge is 0.326 e. The third kappa shape index (κ3) is 11.2. The van der Waals surface area contributed by atoms with Crippen LogP contribution >= 0.6 is 0 Å². The highest BCUT2D eigenvalue weighted by atomic mass is 16.5. The molecule has 46 heavy (non-hydrogen) atoms. The number of hydrogen-bond acceptors (Lipinski definition) is 9. The number of furan rings is 1. The number of carbonyl (C=O) groups is 6. The van der Waals surface area contributed by atoms with E-state index in [0.717, 1.165) is 19.3 Å². The molecule has 15 nitrogen and oxygen atoms in total. The Kier molecular flexibility index (Phi) is 15.2. The highest BCUT2D eigenvalue weighted by Crippen LogP contribution is 2.28. The predicted octanol–water partition coefficient (Wildman–Crippen LogP) is 3.02. The molecule has 0 aliphatic heterocycles. The number of ether oxygens (including phenoxy) is 1. The van der Waals surface area contributed by atoms with Gasteiger partial charge < -0.3 is 35.3 Å². The molecule has 1 aromatic carbocycles. The van der Waals surface area contributed by atoms with E-state index in [2.05, 4.69) is 16.0 Å². The monoisotopic (exact) mass is 646 g/mol. The lowest BCUT2D eigenvalue weighted by Crippen LogP contribution is -2.47. The molecule has 0 saturated carbocycles. The second-order valence-corrected chi connectivity index (χ2v) is 10.4. The lowest BCUT2D eigenvalue weighted by Gasteiger charge is -2.29. The van der Waals surface area contributed by atoms with Gasteiger partial charge in [-0.2, -0.15) is 0 Å². The maximum Gasteiger partial charge on any atom is 0.326 e. The minimum Gasteiger partial charge on any atom is -0.494 e. The maximum absolute atomic E-state index is 13.0. The Bertz CT molecular complexity index is 1360. The largest absolute Gasteiger partial charge is 0.494 e. The molecule has 0 fully saturated rings. The predicted molar refractivity (Wildman–Crippen MR) is 163 cm³/mol. The van der Waals surface area contributed by atoms with E-state index < -0.39 is 54.1 Å². The molecule has 0 radical (unpaired) electrons. The number of aliphatic carboxylic acids is 2. The topological polar surface area (TPSA) is 225 Å². The summed E-state index contributed by atoms with van der Waals surface area (Å²) in [5.41, 5.74) is 0.354. The van der Waals surface area contributed by atoms with Crippen LogP contribution in [0.2, 0.25) is 0 Å². The number of amides is 4. The zero-order chi connectivity index (χ0) is 34.2. The van der Waals surface area contributed by atoms with Gasteiger partial charge in [0.1, 0.15) is 17.6 Å². The van der Waals surface area contributed by atoms with E-state index in [9.17, 15) is 39.1 Å². The number of benzene rings is 1. The second-order valence-electron chi connectivity index (χ2n) is 10.4. The third-order valence-electron chi connectivity index (χ3n) is 7.14. The normalized spacial score (nSPS) is 12.7. The van der Waals surface area contributed by atoms with Crippen molar-refractivity contribution in [2.24, 2.45) is 5.92 Å². The van der Waals surface area contributed by atoms with Crippen molar-refractivity contribution in [1.29, 1.82) is 0 Å². The standard InChI is InChI=1S/C31H42N4O11/c1-4-7-8-9-22(24(5-2)35(44)18-36)29(40)32-17-33-30(41)26-12-11-25(46-26)19-14-20(16-21(15-19)45-6-3)28(39)34-23(31(42)43)10-13-27(37)38/h11-12,14-16,18,22-24,44H,4-10,13,17H2,1-3H3,(H,32,40)(H,33,41)(H,34,39)(H,37,38)(H,42,43). The summed E-state index contributed by atoms with van der Waals surface area (Å²) < 4.78 is 11.2. The van der Waals surface area contributed by atoms with Crippen LogP contribution < -0.4 is 20.7 Å². The number of nitrogens with one attached hydrogen (secondary N) is 3. The highest BCUT2D eigenvalue weighted by molar-refractivity contribution is 5.98. The van der Waals surface area contributed by atoms with Crippen molar-refractivity contribution >= 4 is 36.1 Å². The number of rotatable bonds is 21. The van der Waals surface area contributed by atoms with Crippen LogP contribution in [-0.2, 0) is 19.2 Å². The molecule has 0 spiro atoms. The molecule has 0 aliphatic carbocycles. The van der Waals surface area contributed by atoms with Gasteiger partial charge in [0.25, 0.3) is 11.8 Å². The van der Waals surface area contributed by atoms with Gasteiger partial charge in [0, 0.05) is 17.5 Å². The first-order chi connectivity index (χ1) is 21.9. The van der Waals surface area contributed by atoms with E-state index in [1.807, 2.05) is 6.92 Å². The van der Waals surface area contributed by atoms with E-state index in [1.54, 1.807) is 19.9 Å². The molecule has 3 unspecified atom stereocenters. The van der Waals surface area contributed by atoms with E-state index in [0.29, 0.717) is 23.5 Å². The van der Waals surface area contributed by atoms with Crippen LogP contribution in [0.3, 0.4) is 0 Å². The van der Waals surface area contributed by atoms with E-state index >= 15 is 0 Å². The van der Waals surface area contributed by atoms with Gasteiger partial charge in [0.2, 0.25) is 12.3 Å². The molecule has 1 aromatic heterocycles. The summed E-state index contributed by atoms with van der Waals surface area (Å²) in [5, 5.41) is 36.2. The molecule has 6 N–H and O–H groups in total. The Morgan fingerprint density at radius 1 is 0.978 bits per heavy atom. The first kappa shape index (κ1) is 37.3. The van der Waals surface area contributed by atoms with Crippen molar-refractivity contribution in [3.05, 3.63) is 41.7 Å². The SMILES string of the molecule is CCCCCC(C(=O)NCNC(=O)c1ccc(-c2cc(OCC)cc(C(=O)NC(CCC(=O)O)C(=O)O)c2)o1)C(CC)N(O)C=O. The Morgan fingerprint density at radius 2 is 1.72 bits per heavy atom. The van der Waals surface area contributed by atoms with Crippen LogP contribution in [0.4, 0.5) is 0 Å². The van der Waals surface area contributed by atoms with Crippen LogP contribution in [0.15, 0.2) is 34.7 Å². The Morgan fingerprint density at radius 3 is 2.33 bits per heavy atom. The summed E-state index contributed by atoms with van der Waals surface area (Å²) in [5.74, 6) is -4.80. The number of hydroxylamine groups is 2. The van der Waals surface area contributed by atoms with Crippen molar-refractivity contribution < 1.29 is 53.3 Å². The quantitative estimate of drug-likeness (QED) is 0.0380. The summed E-state index contributed by atoms with van der Waals surface area (Å²) in [7, 11) is 0. The minimum absolute atomic E-state index is 0.0162. The molecule has 3 atom stereocenters. The molecule has 15 heteroatoms. The molecule has 0 bridgehead atoms. The number of carbonyl (C=O) groups excluding carboxylic acids is 4. The van der Waals surface area contributed by atoms with Gasteiger partial charge >= 0.3 is 11.9 Å². The number of hydrogen-bond donors (Lipinski definition) is 6. The molecular formula is C31H42N4O11. The van der Waals surface area contributed by atoms with Gasteiger partial charge in [-0.05, 0) is 56.5 Å². The first-order valence-electron chi connectivity index (χ1n) is 15.1. The zero-order valence-electron chi connectivity index (χ0n) is 26.1. The van der Waals surface area contributed by atoms with Crippen molar-refractivity contribution in [2.75, 3.05) is 13.3 Å². The molecule has 252 valence electrons. The second kappa shape index (κ2) is 18.8. The van der Waals surface area contributed by atoms with Gasteiger partial charge in [-0.3, -0.25) is 29.2 Å². The molecule has 0 aliphatic rings. The van der Waals surface area contributed by atoms with Gasteiger partial charge in [-0.15, -0.1) is 0 Å². The molecule has 1 heterocycles. The highest BCUT2D eigenvalue weighted by Gasteiger charge is 2.30. The fourth-order valence-electron chi connectivity index (χ4n) is 4.78. The Balaban J connectivity index is 2.15. The lowest BCUT2D eigenvalue weighted by molar-refractivity contribution is -0.168. The summed E-state index contributed by atoms with van der Waals surface area (Å²) in [6.45, 7) is 5.49. The molecular weight excluding hydrogens is 604 g/mol. The summed E-state index contributed by atoms with van der Waals surface area (Å²) in [4.78, 5) is 72.3. The van der Waals surface area contributed by atoms with Crippen molar-refractivity contribution in [2.45, 2.75) is 77.8 Å². The molecule has 2 aromatic rings. The van der Waals surface area contributed by atoms with Crippen molar-refractivity contribution in [1.82, 2.24) is 21.0 Å². The number of nitrogens with zero attached hydrogens (tertiary/aromatic N) is 1. The number of unbranched alkanes of at least 4 members (excludes halogenated alkanes) is 2. The summed E-state index contributed by atoms with van der Waals surface area (Å²) in [6.07, 6.45) is 2.80. The number of carboxylic acid groups (broad SMARTS) is 2. The van der Waals surface area contributed by atoms with E-state index in [-0.39, 0.29) is 48.9 Å². The van der Waals surface area contributed by atoms with Crippen LogP contribution in [0, 0.1) is 5.92 Å². The van der Waals surface area contributed by atoms with Gasteiger partial charge in [0.15, 0.2) is 5.76 Å². The fourth-order valence-corrected chi connectivity index (χ4v) is 4.78. The Labute approximate surface area is 266 Å². The zero-order valence-corrected chi connectivity index (χ0v) is 26.1. The van der Waals surface area contributed by atoms with Gasteiger partial charge in [-0.1, -0.05) is 33.1 Å². The maximum atomic E-state index is 13.0. The van der Waals surface area contributed by atoms with Crippen LogP contribution in [-0.4, -0.2) is 81.9 Å². The van der Waals surface area contributed by atoms with Gasteiger partial charge in [0.05, 0.1) is 25.2 Å². The average molecular weight is 647 g/mol. The van der Waals surface area contributed by atoms with Crippen LogP contribution in [0.25, 0.3) is 11.3 Å². The molecule has 4 amide bonds. The molecule has 0 saturated heterocycles. The van der Waals surface area contributed by atoms with E-state index in [1.165, 1.54) is 24.3 Å². The minimum atomic E-state index is -1.44. The lowest BCUT2D eigenvalue weighted by atomic mass is 9.90. The number of carboxylic acids is 2. The summed E-state index contributed by atoms with van der Waals surface area (Å²) in [6, 6.07) is 5.07. The van der Waals surface area contributed by atoms with Crippen LogP contribution in [0.1, 0.15) is 86.6 Å². The molecule has 2 rings (SSSR count).